The van der Waals surface area contributed by atoms with E-state index in [0.717, 1.165) is 6.42 Å². The summed E-state index contributed by atoms with van der Waals surface area (Å²) in [6, 6.07) is 10.3. The summed E-state index contributed by atoms with van der Waals surface area (Å²) in [5.74, 6) is 0.770. The van der Waals surface area contributed by atoms with Gasteiger partial charge in [0, 0.05) is 6.42 Å². The monoisotopic (exact) mass is 230 g/mol. The molecule has 1 nitrogen and oxygen atoms in total. The lowest BCUT2D eigenvalue weighted by Crippen LogP contribution is -2.38. The summed E-state index contributed by atoms with van der Waals surface area (Å²) in [6.07, 6.45) is 0.725. The van der Waals surface area contributed by atoms with E-state index in [0.29, 0.717) is 11.8 Å². The van der Waals surface area contributed by atoms with Crippen molar-refractivity contribution >= 4 is 0 Å². The summed E-state index contributed by atoms with van der Waals surface area (Å²) in [4.78, 5) is 0. The molecule has 0 aliphatic heterocycles. The van der Waals surface area contributed by atoms with Crippen LogP contribution in [-0.4, -0.2) is 10.7 Å². The highest BCUT2D eigenvalue weighted by atomic mass is 16.3. The van der Waals surface area contributed by atoms with E-state index in [1.807, 2.05) is 18.2 Å². The van der Waals surface area contributed by atoms with Crippen molar-refractivity contribution in [3.05, 3.63) is 47.0 Å². The largest absolute Gasteiger partial charge is 0.385 e. The zero-order valence-corrected chi connectivity index (χ0v) is 11.2. The molecule has 3 unspecified atom stereocenters. The van der Waals surface area contributed by atoms with Crippen LogP contribution in [0, 0.1) is 11.8 Å². The molecule has 0 saturated heterocycles. The lowest BCUT2D eigenvalue weighted by atomic mass is 9.79. The third-order valence-corrected chi connectivity index (χ3v) is 4.74. The lowest BCUT2D eigenvalue weighted by Gasteiger charge is -2.32. The molecule has 0 bridgehead atoms. The third kappa shape index (κ3) is 1.93. The summed E-state index contributed by atoms with van der Waals surface area (Å²) >= 11 is 0. The predicted octanol–water partition coefficient (Wildman–Crippen LogP) is 3.58. The molecule has 1 aromatic carbocycles. The molecule has 1 aliphatic rings. The van der Waals surface area contributed by atoms with Crippen molar-refractivity contribution in [2.75, 3.05) is 0 Å². The second-order valence-corrected chi connectivity index (χ2v) is 5.47. The highest BCUT2D eigenvalue weighted by Gasteiger charge is 2.45. The second-order valence-electron chi connectivity index (χ2n) is 5.47. The fraction of sp³-hybridized carbons (Fsp3) is 0.500. The Labute approximate surface area is 104 Å². The second kappa shape index (κ2) is 4.30. The number of allylic oxidation sites excluding steroid dienone is 1. The van der Waals surface area contributed by atoms with Crippen molar-refractivity contribution in [3.8, 4) is 0 Å². The van der Waals surface area contributed by atoms with E-state index < -0.39 is 5.60 Å². The van der Waals surface area contributed by atoms with E-state index in [1.54, 1.807) is 0 Å². The number of rotatable bonds is 2. The Bertz CT molecular complexity index is 432. The van der Waals surface area contributed by atoms with Gasteiger partial charge in [-0.2, -0.15) is 0 Å². The molecule has 0 saturated carbocycles. The van der Waals surface area contributed by atoms with Crippen molar-refractivity contribution in [3.63, 3.8) is 0 Å². The molecule has 1 aromatic rings. The molecule has 3 atom stereocenters. The van der Waals surface area contributed by atoms with Gasteiger partial charge in [0.2, 0.25) is 0 Å². The fourth-order valence-electron chi connectivity index (χ4n) is 3.01. The van der Waals surface area contributed by atoms with E-state index in [-0.39, 0.29) is 0 Å². The highest BCUT2D eigenvalue weighted by Crippen LogP contribution is 2.45. The van der Waals surface area contributed by atoms with Crippen molar-refractivity contribution in [2.45, 2.75) is 39.7 Å². The summed E-state index contributed by atoms with van der Waals surface area (Å²) < 4.78 is 0. The van der Waals surface area contributed by atoms with Crippen molar-refractivity contribution in [1.29, 1.82) is 0 Å². The summed E-state index contributed by atoms with van der Waals surface area (Å²) in [6.45, 7) is 8.61. The first-order valence-electron chi connectivity index (χ1n) is 6.41. The minimum Gasteiger partial charge on any atom is -0.385 e. The van der Waals surface area contributed by atoms with Gasteiger partial charge in [0.1, 0.15) is 0 Å². The van der Waals surface area contributed by atoms with Gasteiger partial charge in [-0.05, 0) is 36.8 Å². The van der Waals surface area contributed by atoms with Gasteiger partial charge in [0.15, 0.2) is 0 Å². The Balaban J connectivity index is 2.31. The quantitative estimate of drug-likeness (QED) is 0.770. The normalized spacial score (nSPS) is 33.2. The van der Waals surface area contributed by atoms with Crippen LogP contribution in [0.25, 0.3) is 0 Å². The molecule has 17 heavy (non-hydrogen) atoms. The van der Waals surface area contributed by atoms with Crippen LogP contribution in [0.1, 0.15) is 33.3 Å². The molecule has 0 heterocycles. The first kappa shape index (κ1) is 12.4. The van der Waals surface area contributed by atoms with Crippen LogP contribution in [0.4, 0.5) is 0 Å². The SMILES string of the molecule is CC1=C(C)C(O)(Cc2ccccc2)C(C)C1C. The Morgan fingerprint density at radius 2 is 1.71 bits per heavy atom. The Morgan fingerprint density at radius 1 is 1.12 bits per heavy atom. The molecule has 1 N–H and O–H groups in total. The first-order valence-corrected chi connectivity index (χ1v) is 6.41. The van der Waals surface area contributed by atoms with E-state index in [2.05, 4.69) is 39.8 Å². The summed E-state index contributed by atoms with van der Waals surface area (Å²) in [5, 5.41) is 11.0. The van der Waals surface area contributed by atoms with Crippen LogP contribution in [0.15, 0.2) is 41.5 Å². The summed E-state index contributed by atoms with van der Waals surface area (Å²) in [7, 11) is 0. The topological polar surface area (TPSA) is 20.2 Å². The highest BCUT2D eigenvalue weighted by molar-refractivity contribution is 5.34. The van der Waals surface area contributed by atoms with E-state index in [4.69, 9.17) is 0 Å². The molecular formula is C16H22O. The first-order chi connectivity index (χ1) is 7.97. The van der Waals surface area contributed by atoms with Crippen LogP contribution in [-0.2, 0) is 6.42 Å². The molecule has 92 valence electrons. The average molecular weight is 230 g/mol. The standard InChI is InChI=1S/C16H22O/c1-11-12(2)14(4)16(17,13(11)3)10-15-8-6-5-7-9-15/h5-9,11,13,17H,10H2,1-4H3. The molecule has 0 fully saturated rings. The number of benzene rings is 1. The minimum atomic E-state index is -0.662. The molecule has 0 spiro atoms. The molecule has 0 aromatic heterocycles. The molecule has 0 radical (unpaired) electrons. The Kier molecular flexibility index (Phi) is 3.13. The zero-order valence-electron chi connectivity index (χ0n) is 11.2. The molecular weight excluding hydrogens is 208 g/mol. The van der Waals surface area contributed by atoms with Crippen LogP contribution in [0.3, 0.4) is 0 Å². The van der Waals surface area contributed by atoms with E-state index >= 15 is 0 Å². The minimum absolute atomic E-state index is 0.294. The molecule has 2 rings (SSSR count). The smallest absolute Gasteiger partial charge is 0.0927 e. The Hall–Kier alpha value is -1.08. The maximum atomic E-state index is 11.0. The molecule has 1 aliphatic carbocycles. The summed E-state index contributed by atoms with van der Waals surface area (Å²) in [5.41, 5.74) is 3.07. The third-order valence-electron chi connectivity index (χ3n) is 4.74. The van der Waals surface area contributed by atoms with E-state index in [9.17, 15) is 5.11 Å². The van der Waals surface area contributed by atoms with Crippen molar-refractivity contribution in [2.24, 2.45) is 11.8 Å². The van der Waals surface area contributed by atoms with Gasteiger partial charge in [-0.25, -0.2) is 0 Å². The fourth-order valence-corrected chi connectivity index (χ4v) is 3.01. The number of hydrogen-bond acceptors (Lipinski definition) is 1. The van der Waals surface area contributed by atoms with E-state index in [1.165, 1.54) is 16.7 Å². The predicted molar refractivity (Wildman–Crippen MR) is 71.8 cm³/mol. The van der Waals surface area contributed by atoms with Crippen LogP contribution in [0.2, 0.25) is 0 Å². The van der Waals surface area contributed by atoms with Gasteiger partial charge in [-0.15, -0.1) is 0 Å². The Morgan fingerprint density at radius 3 is 2.18 bits per heavy atom. The number of aliphatic hydroxyl groups is 1. The average Bonchev–Trinajstić information content (AvgIpc) is 2.47. The van der Waals surface area contributed by atoms with Gasteiger partial charge in [-0.3, -0.25) is 0 Å². The van der Waals surface area contributed by atoms with Gasteiger partial charge < -0.3 is 5.11 Å². The molecule has 1 heteroatoms. The van der Waals surface area contributed by atoms with Crippen LogP contribution in [0.5, 0.6) is 0 Å². The van der Waals surface area contributed by atoms with Gasteiger partial charge in [0.25, 0.3) is 0 Å². The van der Waals surface area contributed by atoms with Crippen LogP contribution < -0.4 is 0 Å². The zero-order chi connectivity index (χ0) is 12.6. The maximum absolute atomic E-state index is 11.0. The van der Waals surface area contributed by atoms with Gasteiger partial charge in [-0.1, -0.05) is 49.8 Å². The van der Waals surface area contributed by atoms with Crippen LogP contribution >= 0.6 is 0 Å². The van der Waals surface area contributed by atoms with Crippen molar-refractivity contribution < 1.29 is 5.11 Å². The number of hydrogen-bond donors (Lipinski definition) is 1. The lowest BCUT2D eigenvalue weighted by molar-refractivity contribution is 0.0241. The van der Waals surface area contributed by atoms with Gasteiger partial charge in [0.05, 0.1) is 5.60 Å². The van der Waals surface area contributed by atoms with Gasteiger partial charge >= 0.3 is 0 Å². The maximum Gasteiger partial charge on any atom is 0.0927 e. The van der Waals surface area contributed by atoms with Crippen molar-refractivity contribution in [1.82, 2.24) is 0 Å². The molecule has 0 amide bonds.